The van der Waals surface area contributed by atoms with Crippen LogP contribution in [0.15, 0.2) is 0 Å². The second kappa shape index (κ2) is 3.81. The molecule has 1 heterocycles. The van der Waals surface area contributed by atoms with E-state index in [1.54, 1.807) is 0 Å². The smallest absolute Gasteiger partial charge is 0.390 e. The van der Waals surface area contributed by atoms with Gasteiger partial charge in [0.05, 0.1) is 12.0 Å². The zero-order valence-corrected chi connectivity index (χ0v) is 9.44. The van der Waals surface area contributed by atoms with Gasteiger partial charge in [-0.2, -0.15) is 13.2 Å². The summed E-state index contributed by atoms with van der Waals surface area (Å²) in [5.74, 6) is -2.99. The molecule has 5 atom stereocenters. The monoisotopic (exact) mass is 256 g/mol. The summed E-state index contributed by atoms with van der Waals surface area (Å²) in [7, 11) is 0. The van der Waals surface area contributed by atoms with Crippen LogP contribution in [0.25, 0.3) is 0 Å². The minimum Gasteiger partial charge on any atom is -0.390 e. The van der Waals surface area contributed by atoms with Crippen molar-refractivity contribution in [3.8, 4) is 0 Å². The summed E-state index contributed by atoms with van der Waals surface area (Å²) in [4.78, 5) is 0. The van der Waals surface area contributed by atoms with Crippen LogP contribution in [0.4, 0.5) is 13.2 Å². The molecule has 2 N–H and O–H groups in total. The number of fused-ring (bicyclic) bond motifs is 1. The maximum absolute atomic E-state index is 12.8. The normalized spacial score (nSPS) is 45.7. The second-order valence-corrected chi connectivity index (χ2v) is 5.01. The Morgan fingerprint density at radius 2 is 1.65 bits per heavy atom. The first-order valence-electron chi connectivity index (χ1n) is 5.40. The van der Waals surface area contributed by atoms with Crippen LogP contribution in [0.3, 0.4) is 0 Å². The van der Waals surface area contributed by atoms with Crippen molar-refractivity contribution < 1.29 is 32.9 Å². The molecule has 0 aromatic rings. The predicted molar refractivity (Wildman–Crippen MR) is 50.0 cm³/mol. The number of aliphatic hydroxyl groups is 2. The van der Waals surface area contributed by atoms with Gasteiger partial charge in [-0.05, 0) is 20.3 Å². The van der Waals surface area contributed by atoms with Gasteiger partial charge in [0, 0.05) is 0 Å². The first-order valence-corrected chi connectivity index (χ1v) is 5.40. The van der Waals surface area contributed by atoms with E-state index in [-0.39, 0.29) is 0 Å². The fraction of sp³-hybridized carbons (Fsp3) is 1.00. The van der Waals surface area contributed by atoms with E-state index in [1.807, 2.05) is 0 Å². The molecule has 0 bridgehead atoms. The van der Waals surface area contributed by atoms with E-state index in [2.05, 4.69) is 0 Å². The zero-order valence-electron chi connectivity index (χ0n) is 9.44. The van der Waals surface area contributed by atoms with Gasteiger partial charge in [-0.15, -0.1) is 0 Å². The van der Waals surface area contributed by atoms with Crippen LogP contribution in [0, 0.1) is 5.92 Å². The largest absolute Gasteiger partial charge is 0.394 e. The van der Waals surface area contributed by atoms with Crippen molar-refractivity contribution in [2.45, 2.75) is 56.6 Å². The molecule has 0 aromatic carbocycles. The maximum atomic E-state index is 12.8. The number of hydrogen-bond acceptors (Lipinski definition) is 4. The zero-order chi connectivity index (χ0) is 13.0. The standard InChI is InChI=1S/C10H15F3O4/c1-9(2)16-7-4(10(11,12)13)3-5(14)6(15)8(7)17-9/h4-8,14-15H,3H2,1-2H3/t4-,5-,6+,7+,8-/m0/s1. The molecule has 0 spiro atoms. The first-order chi connectivity index (χ1) is 7.62. The second-order valence-electron chi connectivity index (χ2n) is 5.01. The molecule has 4 nitrogen and oxygen atoms in total. The van der Waals surface area contributed by atoms with Gasteiger partial charge >= 0.3 is 6.18 Å². The lowest BCUT2D eigenvalue weighted by atomic mass is 9.80. The van der Waals surface area contributed by atoms with E-state index < -0.39 is 48.7 Å². The molecule has 2 rings (SSSR count). The van der Waals surface area contributed by atoms with Crippen molar-refractivity contribution in [3.05, 3.63) is 0 Å². The fourth-order valence-corrected chi connectivity index (χ4v) is 2.47. The van der Waals surface area contributed by atoms with Crippen molar-refractivity contribution in [1.82, 2.24) is 0 Å². The third-order valence-corrected chi connectivity index (χ3v) is 3.21. The van der Waals surface area contributed by atoms with Gasteiger partial charge in [0.1, 0.15) is 18.3 Å². The van der Waals surface area contributed by atoms with E-state index in [4.69, 9.17) is 9.47 Å². The highest BCUT2D eigenvalue weighted by Crippen LogP contribution is 2.46. The Morgan fingerprint density at radius 1 is 1.12 bits per heavy atom. The molecule has 17 heavy (non-hydrogen) atoms. The summed E-state index contributed by atoms with van der Waals surface area (Å²) in [6, 6.07) is 0. The highest BCUT2D eigenvalue weighted by Gasteiger charge is 2.60. The van der Waals surface area contributed by atoms with Crippen molar-refractivity contribution in [1.29, 1.82) is 0 Å². The number of halogens is 3. The fourth-order valence-electron chi connectivity index (χ4n) is 2.47. The lowest BCUT2D eigenvalue weighted by molar-refractivity contribution is -0.235. The number of ether oxygens (including phenoxy) is 2. The molecule has 0 aromatic heterocycles. The lowest BCUT2D eigenvalue weighted by Crippen LogP contribution is -2.55. The number of alkyl halides is 3. The van der Waals surface area contributed by atoms with Crippen LogP contribution < -0.4 is 0 Å². The molecular formula is C10H15F3O4. The number of hydrogen-bond donors (Lipinski definition) is 2. The van der Waals surface area contributed by atoms with E-state index >= 15 is 0 Å². The third kappa shape index (κ3) is 2.29. The Balaban J connectivity index is 2.27. The van der Waals surface area contributed by atoms with Crippen molar-refractivity contribution >= 4 is 0 Å². The highest BCUT2D eigenvalue weighted by molar-refractivity contribution is 5.00. The minimum absolute atomic E-state index is 0.564. The molecule has 1 saturated carbocycles. The SMILES string of the molecule is CC1(C)O[C@H]2[C@H](O)[C@@H](O)C[C@H](C(F)(F)F)[C@H]2O1. The Bertz CT molecular complexity index is 304. The van der Waals surface area contributed by atoms with Gasteiger partial charge in [-0.25, -0.2) is 0 Å². The number of rotatable bonds is 0. The van der Waals surface area contributed by atoms with Crippen molar-refractivity contribution in [2.75, 3.05) is 0 Å². The molecular weight excluding hydrogens is 241 g/mol. The highest BCUT2D eigenvalue weighted by atomic mass is 19.4. The van der Waals surface area contributed by atoms with Crippen LogP contribution in [-0.4, -0.2) is 46.6 Å². The summed E-state index contributed by atoms with van der Waals surface area (Å²) in [6.07, 6.45) is -10.2. The predicted octanol–water partition coefficient (Wildman–Crippen LogP) is 0.810. The van der Waals surface area contributed by atoms with Gasteiger partial charge in [0.25, 0.3) is 0 Å². The molecule has 1 aliphatic carbocycles. The van der Waals surface area contributed by atoms with Gasteiger partial charge in [0.2, 0.25) is 0 Å². The van der Waals surface area contributed by atoms with Gasteiger partial charge in [0.15, 0.2) is 5.79 Å². The van der Waals surface area contributed by atoms with E-state index in [0.29, 0.717) is 0 Å². The third-order valence-electron chi connectivity index (χ3n) is 3.21. The van der Waals surface area contributed by atoms with E-state index in [1.165, 1.54) is 13.8 Å². The summed E-state index contributed by atoms with van der Waals surface area (Å²) >= 11 is 0. The quantitative estimate of drug-likeness (QED) is 0.673. The molecule has 100 valence electrons. The summed E-state index contributed by atoms with van der Waals surface area (Å²) in [6.45, 7) is 2.97. The Labute approximate surface area is 96.3 Å². The van der Waals surface area contributed by atoms with E-state index in [9.17, 15) is 23.4 Å². The molecule has 1 aliphatic heterocycles. The van der Waals surface area contributed by atoms with E-state index in [0.717, 1.165) is 0 Å². The van der Waals surface area contributed by atoms with Crippen molar-refractivity contribution in [2.24, 2.45) is 5.92 Å². The van der Waals surface area contributed by atoms with Gasteiger partial charge in [-0.1, -0.05) is 0 Å². The molecule has 2 fully saturated rings. The Morgan fingerprint density at radius 3 is 2.18 bits per heavy atom. The summed E-state index contributed by atoms with van der Waals surface area (Å²) in [5, 5.41) is 19.1. The van der Waals surface area contributed by atoms with Crippen LogP contribution >= 0.6 is 0 Å². The lowest BCUT2D eigenvalue weighted by Gasteiger charge is -2.38. The molecule has 7 heteroatoms. The maximum Gasteiger partial charge on any atom is 0.394 e. The van der Waals surface area contributed by atoms with Crippen molar-refractivity contribution in [3.63, 3.8) is 0 Å². The van der Waals surface area contributed by atoms with Crippen LogP contribution in [0.5, 0.6) is 0 Å². The molecule has 2 aliphatic rings. The molecule has 0 unspecified atom stereocenters. The molecule has 1 saturated heterocycles. The van der Waals surface area contributed by atoms with Crippen LogP contribution in [0.1, 0.15) is 20.3 Å². The summed E-state index contributed by atoms with van der Waals surface area (Å²) in [5.41, 5.74) is 0. The topological polar surface area (TPSA) is 58.9 Å². The minimum atomic E-state index is -4.48. The van der Waals surface area contributed by atoms with Gasteiger partial charge < -0.3 is 19.7 Å². The van der Waals surface area contributed by atoms with Gasteiger partial charge in [-0.3, -0.25) is 0 Å². The average Bonchev–Trinajstić information content (AvgIpc) is 2.46. The average molecular weight is 256 g/mol. The number of aliphatic hydroxyl groups excluding tert-OH is 2. The Hall–Kier alpha value is -0.370. The Kier molecular flexibility index (Phi) is 2.93. The molecule has 0 amide bonds. The first kappa shape index (κ1) is 13.1. The van der Waals surface area contributed by atoms with Crippen LogP contribution in [0.2, 0.25) is 0 Å². The molecule has 0 radical (unpaired) electrons. The summed E-state index contributed by atoms with van der Waals surface area (Å²) < 4.78 is 48.8. The van der Waals surface area contributed by atoms with Crippen LogP contribution in [-0.2, 0) is 9.47 Å².